The number of amides is 3. The highest BCUT2D eigenvalue weighted by Crippen LogP contribution is 2.40. The minimum atomic E-state index is -1.17. The lowest BCUT2D eigenvalue weighted by Crippen LogP contribution is -2.48. The molecule has 0 aliphatic carbocycles. The Balaban J connectivity index is 1.44. The number of benzene rings is 2. The number of para-hydroxylation sites is 1. The lowest BCUT2D eigenvalue weighted by Gasteiger charge is -2.33. The summed E-state index contributed by atoms with van der Waals surface area (Å²) in [6, 6.07) is 15.0. The third-order valence-corrected chi connectivity index (χ3v) is 5.08. The number of nitrogens with zero attached hydrogens (tertiary/aromatic N) is 2. The smallest absolute Gasteiger partial charge is 0.325 e. The average Bonchev–Trinajstić information content (AvgIpc) is 2.97. The standard InChI is InChI=1S/C21H19N3O5/c22-11-14-5-7-16(8-6-14)29-13-15(25)12-24-19(26)21(23-20(24)27)9-10-28-18-4-2-1-3-17(18)21/h1-8,15,25H,9-10,12-13H2,(H,23,27). The van der Waals surface area contributed by atoms with Crippen LogP contribution < -0.4 is 14.8 Å². The summed E-state index contributed by atoms with van der Waals surface area (Å²) in [5.74, 6) is 0.643. The second kappa shape index (κ2) is 7.45. The maximum atomic E-state index is 13.1. The van der Waals surface area contributed by atoms with Crippen LogP contribution in [0.3, 0.4) is 0 Å². The van der Waals surface area contributed by atoms with E-state index in [0.29, 0.717) is 35.7 Å². The van der Waals surface area contributed by atoms with E-state index in [9.17, 15) is 14.7 Å². The Bertz CT molecular complexity index is 985. The van der Waals surface area contributed by atoms with Gasteiger partial charge < -0.3 is 19.9 Å². The highest BCUT2D eigenvalue weighted by molar-refractivity contribution is 6.08. The van der Waals surface area contributed by atoms with E-state index in [1.165, 1.54) is 0 Å². The fourth-order valence-electron chi connectivity index (χ4n) is 3.62. The molecule has 2 aliphatic rings. The number of aliphatic hydroxyl groups is 1. The zero-order chi connectivity index (χ0) is 20.4. The molecule has 0 radical (unpaired) electrons. The van der Waals surface area contributed by atoms with Gasteiger partial charge in [-0.15, -0.1) is 0 Å². The predicted octanol–water partition coefficient (Wildman–Crippen LogP) is 1.53. The molecular formula is C21H19N3O5. The van der Waals surface area contributed by atoms with Gasteiger partial charge in [0.1, 0.15) is 24.2 Å². The van der Waals surface area contributed by atoms with Crippen LogP contribution in [-0.2, 0) is 10.3 Å². The summed E-state index contributed by atoms with van der Waals surface area (Å²) in [6.45, 7) is 0.0165. The SMILES string of the molecule is N#Cc1ccc(OCC(O)CN2C(=O)NC3(CCOc4ccccc43)C2=O)cc1. The molecule has 4 rings (SSSR count). The number of fused-ring (bicyclic) bond motifs is 2. The van der Waals surface area contributed by atoms with Crippen molar-refractivity contribution in [2.45, 2.75) is 18.1 Å². The van der Waals surface area contributed by atoms with Crippen molar-refractivity contribution in [1.29, 1.82) is 5.26 Å². The summed E-state index contributed by atoms with van der Waals surface area (Å²) < 4.78 is 11.1. The molecule has 0 aromatic heterocycles. The van der Waals surface area contributed by atoms with Crippen molar-refractivity contribution in [3.8, 4) is 17.6 Å². The fourth-order valence-corrected chi connectivity index (χ4v) is 3.62. The second-order valence-corrected chi connectivity index (χ2v) is 6.95. The molecule has 29 heavy (non-hydrogen) atoms. The van der Waals surface area contributed by atoms with E-state index in [1.54, 1.807) is 48.5 Å². The predicted molar refractivity (Wildman–Crippen MR) is 101 cm³/mol. The van der Waals surface area contributed by atoms with E-state index in [-0.39, 0.29) is 13.2 Å². The molecule has 1 spiro atoms. The van der Waals surface area contributed by atoms with E-state index in [1.807, 2.05) is 6.07 Å². The number of ether oxygens (including phenoxy) is 2. The van der Waals surface area contributed by atoms with Crippen LogP contribution in [0.25, 0.3) is 0 Å². The van der Waals surface area contributed by atoms with Crippen LogP contribution in [0.5, 0.6) is 11.5 Å². The monoisotopic (exact) mass is 393 g/mol. The van der Waals surface area contributed by atoms with Gasteiger partial charge in [0, 0.05) is 12.0 Å². The van der Waals surface area contributed by atoms with Gasteiger partial charge in [-0.05, 0) is 30.3 Å². The van der Waals surface area contributed by atoms with Gasteiger partial charge in [0.15, 0.2) is 5.54 Å². The van der Waals surface area contributed by atoms with Gasteiger partial charge in [-0.2, -0.15) is 5.26 Å². The quantitative estimate of drug-likeness (QED) is 0.745. The molecule has 8 heteroatoms. The van der Waals surface area contributed by atoms with Gasteiger partial charge in [0.05, 0.1) is 24.8 Å². The summed E-state index contributed by atoms with van der Waals surface area (Å²) in [5.41, 5.74) is -0.0469. The summed E-state index contributed by atoms with van der Waals surface area (Å²) >= 11 is 0. The van der Waals surface area contributed by atoms with E-state index < -0.39 is 23.6 Å². The molecule has 2 unspecified atom stereocenters. The van der Waals surface area contributed by atoms with Crippen LogP contribution in [0.4, 0.5) is 4.79 Å². The van der Waals surface area contributed by atoms with Crippen LogP contribution in [0.2, 0.25) is 0 Å². The van der Waals surface area contributed by atoms with E-state index in [2.05, 4.69) is 5.32 Å². The maximum absolute atomic E-state index is 13.1. The Morgan fingerprint density at radius 3 is 2.76 bits per heavy atom. The lowest BCUT2D eigenvalue weighted by atomic mass is 9.84. The number of carbonyl (C=O) groups excluding carboxylic acids is 2. The van der Waals surface area contributed by atoms with Crippen LogP contribution in [0.15, 0.2) is 48.5 Å². The van der Waals surface area contributed by atoms with Crippen molar-refractivity contribution in [3.63, 3.8) is 0 Å². The number of aliphatic hydroxyl groups excluding tert-OH is 1. The van der Waals surface area contributed by atoms with E-state index in [4.69, 9.17) is 14.7 Å². The molecule has 2 atom stereocenters. The first-order valence-electron chi connectivity index (χ1n) is 9.21. The van der Waals surface area contributed by atoms with Gasteiger partial charge in [-0.1, -0.05) is 18.2 Å². The Kier molecular flexibility index (Phi) is 4.82. The van der Waals surface area contributed by atoms with Crippen LogP contribution in [-0.4, -0.2) is 47.8 Å². The second-order valence-electron chi connectivity index (χ2n) is 6.95. The summed E-state index contributed by atoms with van der Waals surface area (Å²) in [7, 11) is 0. The summed E-state index contributed by atoms with van der Waals surface area (Å²) in [6.07, 6.45) is -0.742. The van der Waals surface area contributed by atoms with E-state index >= 15 is 0 Å². The molecule has 1 fully saturated rings. The maximum Gasteiger partial charge on any atom is 0.325 e. The van der Waals surface area contributed by atoms with Crippen LogP contribution in [0, 0.1) is 11.3 Å². The normalized spacial score (nSPS) is 21.2. The zero-order valence-corrected chi connectivity index (χ0v) is 15.5. The Morgan fingerprint density at radius 1 is 1.24 bits per heavy atom. The molecule has 148 valence electrons. The molecule has 0 saturated carbocycles. The Morgan fingerprint density at radius 2 is 2.00 bits per heavy atom. The number of hydrogen-bond donors (Lipinski definition) is 2. The largest absolute Gasteiger partial charge is 0.493 e. The average molecular weight is 393 g/mol. The van der Waals surface area contributed by atoms with Gasteiger partial charge in [0.25, 0.3) is 5.91 Å². The summed E-state index contributed by atoms with van der Waals surface area (Å²) in [5, 5.41) is 21.9. The zero-order valence-electron chi connectivity index (χ0n) is 15.5. The lowest BCUT2D eigenvalue weighted by molar-refractivity contribution is -0.133. The number of hydrogen-bond acceptors (Lipinski definition) is 6. The third-order valence-electron chi connectivity index (χ3n) is 5.08. The molecule has 2 N–H and O–H groups in total. The third kappa shape index (κ3) is 3.37. The highest BCUT2D eigenvalue weighted by Gasteiger charge is 2.55. The van der Waals surface area contributed by atoms with Crippen molar-refractivity contribution in [2.75, 3.05) is 19.8 Å². The first-order chi connectivity index (χ1) is 14.0. The van der Waals surface area contributed by atoms with Gasteiger partial charge in [-0.3, -0.25) is 9.69 Å². The van der Waals surface area contributed by atoms with Gasteiger partial charge >= 0.3 is 6.03 Å². The van der Waals surface area contributed by atoms with Crippen molar-refractivity contribution >= 4 is 11.9 Å². The Labute approximate surface area is 167 Å². The number of β-amino-alcohol motifs (C(OH)–C–C–N with tert-alkyl or cyclic N) is 1. The van der Waals surface area contributed by atoms with Crippen molar-refractivity contribution in [3.05, 3.63) is 59.7 Å². The fraction of sp³-hybridized carbons (Fsp3) is 0.286. The Hall–Kier alpha value is -3.57. The van der Waals surface area contributed by atoms with Crippen molar-refractivity contribution in [2.24, 2.45) is 0 Å². The van der Waals surface area contributed by atoms with Crippen molar-refractivity contribution < 1.29 is 24.2 Å². The number of nitrogens with one attached hydrogen (secondary N) is 1. The number of nitriles is 1. The minimum absolute atomic E-state index is 0.102. The van der Waals surface area contributed by atoms with Crippen LogP contribution in [0.1, 0.15) is 17.5 Å². The first kappa shape index (κ1) is 18.8. The van der Waals surface area contributed by atoms with Crippen molar-refractivity contribution in [1.82, 2.24) is 10.2 Å². The number of imide groups is 1. The molecular weight excluding hydrogens is 374 g/mol. The molecule has 2 heterocycles. The molecule has 1 saturated heterocycles. The molecule has 2 aromatic rings. The topological polar surface area (TPSA) is 112 Å². The summed E-state index contributed by atoms with van der Waals surface area (Å²) in [4.78, 5) is 26.7. The first-order valence-corrected chi connectivity index (χ1v) is 9.21. The number of carbonyl (C=O) groups is 2. The van der Waals surface area contributed by atoms with E-state index in [0.717, 1.165) is 4.90 Å². The van der Waals surface area contributed by atoms with Crippen LogP contribution >= 0.6 is 0 Å². The minimum Gasteiger partial charge on any atom is -0.493 e. The van der Waals surface area contributed by atoms with Gasteiger partial charge in [0.2, 0.25) is 0 Å². The molecule has 2 aliphatic heterocycles. The molecule has 0 bridgehead atoms. The molecule has 3 amide bonds. The number of rotatable bonds is 5. The van der Waals surface area contributed by atoms with Gasteiger partial charge in [-0.25, -0.2) is 4.79 Å². The molecule has 2 aromatic carbocycles. The number of urea groups is 1. The molecule has 8 nitrogen and oxygen atoms in total. The highest BCUT2D eigenvalue weighted by atomic mass is 16.5.